The average molecular weight is 544 g/mol. The van der Waals surface area contributed by atoms with Crippen LogP contribution in [0.25, 0.3) is 0 Å². The van der Waals surface area contributed by atoms with Gasteiger partial charge in [-0.1, -0.05) is 60.7 Å². The lowest BCUT2D eigenvalue weighted by atomic mass is 9.97. The van der Waals surface area contributed by atoms with E-state index in [1.807, 2.05) is 36.4 Å². The van der Waals surface area contributed by atoms with E-state index in [1.54, 1.807) is 7.11 Å². The molecule has 9 heteroatoms. The van der Waals surface area contributed by atoms with Gasteiger partial charge in [-0.2, -0.15) is 0 Å². The van der Waals surface area contributed by atoms with Crippen LogP contribution in [0.3, 0.4) is 0 Å². The Morgan fingerprint density at radius 2 is 1.38 bits per heavy atom. The van der Waals surface area contributed by atoms with Crippen molar-refractivity contribution in [2.75, 3.05) is 73.0 Å². The van der Waals surface area contributed by atoms with Gasteiger partial charge in [-0.25, -0.2) is 0 Å². The molecular formula is C30H41NO8. The van der Waals surface area contributed by atoms with Gasteiger partial charge in [-0.15, -0.1) is 0 Å². The van der Waals surface area contributed by atoms with Crippen molar-refractivity contribution in [1.29, 1.82) is 0 Å². The summed E-state index contributed by atoms with van der Waals surface area (Å²) in [7, 11) is 1.61. The Morgan fingerprint density at radius 3 is 2.08 bits per heavy atom. The molecule has 3 heterocycles. The van der Waals surface area contributed by atoms with E-state index in [1.165, 1.54) is 5.56 Å². The fraction of sp³-hybridized carbons (Fsp3) is 0.600. The van der Waals surface area contributed by atoms with Crippen LogP contribution in [0, 0.1) is 0 Å². The van der Waals surface area contributed by atoms with Gasteiger partial charge in [0.2, 0.25) is 0 Å². The third-order valence-corrected chi connectivity index (χ3v) is 7.33. The van der Waals surface area contributed by atoms with Gasteiger partial charge in [-0.3, -0.25) is 4.90 Å². The van der Waals surface area contributed by atoms with Gasteiger partial charge in [0.05, 0.1) is 46.2 Å². The van der Waals surface area contributed by atoms with E-state index in [4.69, 9.17) is 37.9 Å². The maximum atomic E-state index is 6.42. The number of ether oxygens (including phenoxy) is 8. The van der Waals surface area contributed by atoms with Crippen molar-refractivity contribution in [2.45, 2.75) is 43.4 Å². The van der Waals surface area contributed by atoms with Crippen LogP contribution in [0.4, 0.5) is 0 Å². The summed E-state index contributed by atoms with van der Waals surface area (Å²) in [4.78, 5) is 2.38. The van der Waals surface area contributed by atoms with E-state index in [0.717, 1.165) is 31.6 Å². The molecule has 1 unspecified atom stereocenters. The number of hydrogen-bond donors (Lipinski definition) is 0. The molecule has 3 aliphatic rings. The second kappa shape index (κ2) is 15.2. The highest BCUT2D eigenvalue weighted by molar-refractivity contribution is 5.17. The topological polar surface area (TPSA) is 77.1 Å². The van der Waals surface area contributed by atoms with Crippen molar-refractivity contribution in [3.8, 4) is 0 Å². The standard InChI is InChI=1S/C30H41NO8/c1-32-30-28-27(26-25(38-30)22-37-29(39-26)24-10-6-3-7-11-24)35-20-18-33-16-14-31(15-17-34-19-21-36-28)13-12-23-8-4-2-5-9-23/h2-11,25-30H,12-22H2,1H3/t25-,26-,27+,28-,29?,30+/m1/s1. The molecule has 3 aliphatic heterocycles. The van der Waals surface area contributed by atoms with E-state index in [2.05, 4.69) is 29.2 Å². The van der Waals surface area contributed by atoms with Crippen LogP contribution in [0.15, 0.2) is 60.7 Å². The van der Waals surface area contributed by atoms with E-state index < -0.39 is 24.8 Å². The smallest absolute Gasteiger partial charge is 0.186 e. The van der Waals surface area contributed by atoms with E-state index in [0.29, 0.717) is 46.2 Å². The van der Waals surface area contributed by atoms with Gasteiger partial charge in [0.1, 0.15) is 24.4 Å². The SMILES string of the molecule is CO[C@H]1O[C@@H]2COC(c3ccccc3)O[C@H]2[C@@H]2OCCOCCN(CCc3ccccc3)CCOCCO[C@@H]12. The van der Waals surface area contributed by atoms with Crippen LogP contribution in [-0.4, -0.2) is 109 Å². The fourth-order valence-corrected chi connectivity index (χ4v) is 5.23. The summed E-state index contributed by atoms with van der Waals surface area (Å²) in [6.07, 6.45) is -1.74. The quantitative estimate of drug-likeness (QED) is 0.566. The van der Waals surface area contributed by atoms with Crippen molar-refractivity contribution in [3.63, 3.8) is 0 Å². The van der Waals surface area contributed by atoms with Gasteiger partial charge in [0.15, 0.2) is 12.6 Å². The third-order valence-electron chi connectivity index (χ3n) is 7.33. The van der Waals surface area contributed by atoms with Crippen molar-refractivity contribution in [3.05, 3.63) is 71.8 Å². The number of fused-ring (bicyclic) bond motifs is 3. The Balaban J connectivity index is 1.20. The maximum Gasteiger partial charge on any atom is 0.186 e. The van der Waals surface area contributed by atoms with E-state index in [-0.39, 0.29) is 12.2 Å². The lowest BCUT2D eigenvalue weighted by Crippen LogP contribution is -2.63. The number of benzene rings is 2. The summed E-state index contributed by atoms with van der Waals surface area (Å²) in [6, 6.07) is 20.4. The van der Waals surface area contributed by atoms with Crippen LogP contribution in [-0.2, 0) is 44.3 Å². The normalized spacial score (nSPS) is 31.8. The predicted molar refractivity (Wildman–Crippen MR) is 143 cm³/mol. The first-order valence-electron chi connectivity index (χ1n) is 14.0. The maximum absolute atomic E-state index is 6.42. The zero-order valence-corrected chi connectivity index (χ0v) is 22.7. The first-order chi connectivity index (χ1) is 19.3. The highest BCUT2D eigenvalue weighted by Crippen LogP contribution is 2.36. The molecule has 0 bridgehead atoms. The molecule has 3 fully saturated rings. The van der Waals surface area contributed by atoms with E-state index in [9.17, 15) is 0 Å². The van der Waals surface area contributed by atoms with Crippen molar-refractivity contribution in [1.82, 2.24) is 4.90 Å². The van der Waals surface area contributed by atoms with E-state index >= 15 is 0 Å². The molecule has 39 heavy (non-hydrogen) atoms. The number of methoxy groups -OCH3 is 1. The Hall–Kier alpha value is -1.92. The summed E-state index contributed by atoms with van der Waals surface area (Å²) < 4.78 is 48.9. The molecule has 0 saturated carbocycles. The predicted octanol–water partition coefficient (Wildman–Crippen LogP) is 2.83. The van der Waals surface area contributed by atoms with Crippen molar-refractivity contribution in [2.24, 2.45) is 0 Å². The minimum absolute atomic E-state index is 0.336. The molecular weight excluding hydrogens is 502 g/mol. The molecule has 0 aromatic heterocycles. The van der Waals surface area contributed by atoms with Crippen LogP contribution < -0.4 is 0 Å². The highest BCUT2D eigenvalue weighted by atomic mass is 16.8. The molecule has 214 valence electrons. The zero-order chi connectivity index (χ0) is 26.7. The zero-order valence-electron chi connectivity index (χ0n) is 22.7. The molecule has 0 spiro atoms. The Morgan fingerprint density at radius 1 is 0.718 bits per heavy atom. The lowest BCUT2D eigenvalue weighted by molar-refractivity contribution is -0.368. The first kappa shape index (κ1) is 28.6. The first-order valence-corrected chi connectivity index (χ1v) is 14.0. The fourth-order valence-electron chi connectivity index (χ4n) is 5.23. The molecule has 9 nitrogen and oxygen atoms in total. The lowest BCUT2D eigenvalue weighted by Gasteiger charge is -2.48. The second-order valence-corrected chi connectivity index (χ2v) is 9.93. The molecule has 6 atom stereocenters. The minimum Gasteiger partial charge on any atom is -0.378 e. The molecule has 0 radical (unpaired) electrons. The summed E-state index contributed by atoms with van der Waals surface area (Å²) in [5, 5.41) is 0. The summed E-state index contributed by atoms with van der Waals surface area (Å²) in [5.74, 6) is 0. The van der Waals surface area contributed by atoms with Crippen molar-refractivity contribution < 1.29 is 37.9 Å². The Labute approximate surface area is 231 Å². The van der Waals surface area contributed by atoms with Gasteiger partial charge < -0.3 is 37.9 Å². The van der Waals surface area contributed by atoms with Crippen LogP contribution in [0.5, 0.6) is 0 Å². The molecule has 5 rings (SSSR count). The summed E-state index contributed by atoms with van der Waals surface area (Å²) in [6.45, 7) is 5.98. The van der Waals surface area contributed by atoms with Gasteiger partial charge in [-0.05, 0) is 12.0 Å². The van der Waals surface area contributed by atoms with Crippen LogP contribution in [0.2, 0.25) is 0 Å². The molecule has 2 aromatic rings. The second-order valence-electron chi connectivity index (χ2n) is 9.93. The molecule has 0 aliphatic carbocycles. The molecule has 3 saturated heterocycles. The number of rotatable bonds is 5. The molecule has 2 aromatic carbocycles. The Bertz CT molecular complexity index is 950. The largest absolute Gasteiger partial charge is 0.378 e. The van der Waals surface area contributed by atoms with Crippen molar-refractivity contribution >= 4 is 0 Å². The molecule has 0 N–H and O–H groups in total. The van der Waals surface area contributed by atoms with Crippen LogP contribution >= 0.6 is 0 Å². The summed E-state index contributed by atoms with van der Waals surface area (Å²) >= 11 is 0. The minimum atomic E-state index is -0.609. The number of hydrogen-bond acceptors (Lipinski definition) is 9. The van der Waals surface area contributed by atoms with Crippen LogP contribution in [0.1, 0.15) is 17.4 Å². The van der Waals surface area contributed by atoms with Gasteiger partial charge in [0, 0.05) is 32.3 Å². The number of nitrogens with zero attached hydrogens (tertiary/aromatic N) is 1. The average Bonchev–Trinajstić information content (AvgIpc) is 3.00. The highest BCUT2D eigenvalue weighted by Gasteiger charge is 2.51. The molecule has 0 amide bonds. The monoisotopic (exact) mass is 543 g/mol. The van der Waals surface area contributed by atoms with Gasteiger partial charge in [0.25, 0.3) is 0 Å². The third kappa shape index (κ3) is 8.07. The Kier molecular flexibility index (Phi) is 11.1. The summed E-state index contributed by atoms with van der Waals surface area (Å²) in [5.41, 5.74) is 2.28. The van der Waals surface area contributed by atoms with Gasteiger partial charge >= 0.3 is 0 Å².